The predicted octanol–water partition coefficient (Wildman–Crippen LogP) is -3.00. The summed E-state index contributed by atoms with van der Waals surface area (Å²) in [5, 5.41) is 9.75. The molecular weight excluding hydrogens is 272 g/mol. The fourth-order valence-corrected chi connectivity index (χ4v) is 1.62. The zero-order valence-electron chi connectivity index (χ0n) is 10.6. The number of carbonyl (C=O) groups is 1. The minimum Gasteiger partial charge on any atom is -0.480 e. The number of hydrogen-bond donors (Lipinski definition) is 3. The maximum absolute atomic E-state index is 10.6. The third kappa shape index (κ3) is 5.32. The molecular formula is C11H22N2O7. The van der Waals surface area contributed by atoms with Crippen LogP contribution in [0, 0.1) is 0 Å². The molecule has 0 amide bonds. The molecule has 14 N–H and O–H groups in total. The van der Waals surface area contributed by atoms with Crippen LogP contribution in [-0.2, 0) is 11.2 Å². The maximum atomic E-state index is 10.6. The van der Waals surface area contributed by atoms with E-state index in [0.29, 0.717) is 6.42 Å². The predicted molar refractivity (Wildman–Crippen MR) is 75.7 cm³/mol. The summed E-state index contributed by atoms with van der Waals surface area (Å²) in [5.41, 5.74) is 7.43. The lowest BCUT2D eigenvalue weighted by atomic mass is 10.1. The molecule has 0 saturated heterocycles. The van der Waals surface area contributed by atoms with Crippen molar-refractivity contribution in [3.8, 4) is 0 Å². The molecule has 0 radical (unpaired) electrons. The van der Waals surface area contributed by atoms with E-state index in [1.54, 1.807) is 0 Å². The van der Waals surface area contributed by atoms with E-state index in [-0.39, 0.29) is 27.4 Å². The fraction of sp³-hybridized carbons (Fsp3) is 0.182. The van der Waals surface area contributed by atoms with Crippen molar-refractivity contribution in [3.05, 3.63) is 36.0 Å². The number of aromatic amines is 1. The van der Waals surface area contributed by atoms with Gasteiger partial charge in [-0.1, -0.05) is 18.2 Å². The highest BCUT2D eigenvalue weighted by Gasteiger charge is 2.14. The average molecular weight is 294 g/mol. The molecule has 0 fully saturated rings. The Labute approximate surface area is 114 Å². The lowest BCUT2D eigenvalue weighted by Gasteiger charge is -2.04. The first kappa shape index (κ1) is 26.5. The van der Waals surface area contributed by atoms with Gasteiger partial charge in [-0.3, -0.25) is 4.79 Å². The monoisotopic (exact) mass is 294 g/mol. The summed E-state index contributed by atoms with van der Waals surface area (Å²) in [6, 6.07) is 6.91. The Morgan fingerprint density at radius 3 is 2.25 bits per heavy atom. The van der Waals surface area contributed by atoms with Crippen LogP contribution >= 0.6 is 0 Å². The van der Waals surface area contributed by atoms with Gasteiger partial charge in [-0.05, 0) is 11.6 Å². The Hall–Kier alpha value is -2.01. The minimum atomic E-state index is -0.972. The van der Waals surface area contributed by atoms with Crippen LogP contribution in [0.5, 0.6) is 0 Å². The number of aromatic nitrogens is 1. The van der Waals surface area contributed by atoms with Gasteiger partial charge >= 0.3 is 5.97 Å². The van der Waals surface area contributed by atoms with Gasteiger partial charge in [0.2, 0.25) is 0 Å². The number of benzene rings is 1. The van der Waals surface area contributed by atoms with Crippen LogP contribution < -0.4 is 5.73 Å². The molecule has 9 nitrogen and oxygen atoms in total. The Bertz CT molecular complexity index is 500. The van der Waals surface area contributed by atoms with Crippen molar-refractivity contribution in [1.29, 1.82) is 0 Å². The molecule has 1 aromatic heterocycles. The second-order valence-corrected chi connectivity index (χ2v) is 3.51. The molecule has 118 valence electrons. The molecule has 9 heteroatoms. The van der Waals surface area contributed by atoms with E-state index >= 15 is 0 Å². The van der Waals surface area contributed by atoms with E-state index in [4.69, 9.17) is 10.8 Å². The largest absolute Gasteiger partial charge is 0.480 e. The van der Waals surface area contributed by atoms with Crippen LogP contribution in [0.15, 0.2) is 30.5 Å². The second-order valence-electron chi connectivity index (χ2n) is 3.51. The van der Waals surface area contributed by atoms with Gasteiger partial charge in [0, 0.05) is 23.5 Å². The van der Waals surface area contributed by atoms with E-state index < -0.39 is 12.0 Å². The molecule has 1 atom stereocenters. The molecule has 0 aliphatic rings. The SMILES string of the molecule is N[C@@H](Cc1c[nH]c2ccccc12)C(=O)O.O.O.O.O.O. The van der Waals surface area contributed by atoms with Gasteiger partial charge in [0.15, 0.2) is 0 Å². The molecule has 2 rings (SSSR count). The van der Waals surface area contributed by atoms with Crippen molar-refractivity contribution in [2.24, 2.45) is 5.73 Å². The first-order chi connectivity index (χ1) is 7.18. The highest BCUT2D eigenvalue weighted by molar-refractivity contribution is 5.84. The van der Waals surface area contributed by atoms with Crippen LogP contribution in [0.25, 0.3) is 10.9 Å². The number of carboxylic acid groups (broad SMARTS) is 1. The van der Waals surface area contributed by atoms with Crippen LogP contribution in [-0.4, -0.2) is 49.5 Å². The number of H-pyrrole nitrogens is 1. The Kier molecular flexibility index (Phi) is 14.4. The number of aliphatic carboxylic acids is 1. The zero-order chi connectivity index (χ0) is 10.8. The molecule has 2 aromatic rings. The summed E-state index contributed by atoms with van der Waals surface area (Å²) in [6.45, 7) is 0. The number of fused-ring (bicyclic) bond motifs is 1. The summed E-state index contributed by atoms with van der Waals surface area (Å²) in [6.07, 6.45) is 2.16. The van der Waals surface area contributed by atoms with Gasteiger partial charge in [0.25, 0.3) is 0 Å². The van der Waals surface area contributed by atoms with Gasteiger partial charge in [-0.2, -0.15) is 0 Å². The fourth-order valence-electron chi connectivity index (χ4n) is 1.62. The number of hydrogen-bond acceptors (Lipinski definition) is 2. The van der Waals surface area contributed by atoms with Gasteiger partial charge in [0.05, 0.1) is 0 Å². The summed E-state index contributed by atoms with van der Waals surface area (Å²) in [4.78, 5) is 13.7. The third-order valence-electron chi connectivity index (χ3n) is 2.43. The van der Waals surface area contributed by atoms with Crippen molar-refractivity contribution < 1.29 is 37.3 Å². The molecule has 0 aliphatic heterocycles. The zero-order valence-corrected chi connectivity index (χ0v) is 10.6. The van der Waals surface area contributed by atoms with E-state index in [1.807, 2.05) is 30.5 Å². The van der Waals surface area contributed by atoms with Crippen LogP contribution in [0.3, 0.4) is 0 Å². The van der Waals surface area contributed by atoms with Gasteiger partial charge in [-0.15, -0.1) is 0 Å². The van der Waals surface area contributed by atoms with Crippen molar-refractivity contribution in [3.63, 3.8) is 0 Å². The highest BCUT2D eigenvalue weighted by Crippen LogP contribution is 2.18. The molecule has 1 aromatic carbocycles. The van der Waals surface area contributed by atoms with E-state index in [9.17, 15) is 4.79 Å². The lowest BCUT2D eigenvalue weighted by molar-refractivity contribution is -0.138. The number of nitrogens with two attached hydrogens (primary N) is 1. The minimum absolute atomic E-state index is 0. The first-order valence-electron chi connectivity index (χ1n) is 4.72. The van der Waals surface area contributed by atoms with Gasteiger partial charge in [0.1, 0.15) is 6.04 Å². The van der Waals surface area contributed by atoms with Crippen LogP contribution in [0.1, 0.15) is 5.56 Å². The molecule has 20 heavy (non-hydrogen) atoms. The van der Waals surface area contributed by atoms with Gasteiger partial charge in [-0.25, -0.2) is 0 Å². The number of carboxylic acids is 1. The van der Waals surface area contributed by atoms with E-state index in [1.165, 1.54) is 0 Å². The molecule has 1 heterocycles. The summed E-state index contributed by atoms with van der Waals surface area (Å²) in [5.74, 6) is -0.972. The molecule has 0 unspecified atom stereocenters. The summed E-state index contributed by atoms with van der Waals surface area (Å²) < 4.78 is 0. The van der Waals surface area contributed by atoms with Crippen molar-refractivity contribution in [2.75, 3.05) is 0 Å². The molecule has 0 spiro atoms. The van der Waals surface area contributed by atoms with Crippen LogP contribution in [0.4, 0.5) is 0 Å². The van der Waals surface area contributed by atoms with Crippen LogP contribution in [0.2, 0.25) is 0 Å². The second kappa shape index (κ2) is 10.9. The Morgan fingerprint density at radius 1 is 1.15 bits per heavy atom. The average Bonchev–Trinajstić information content (AvgIpc) is 2.62. The third-order valence-corrected chi connectivity index (χ3v) is 2.43. The number of para-hydroxylation sites is 1. The maximum Gasteiger partial charge on any atom is 0.320 e. The normalized spacial score (nSPS) is 9.65. The number of rotatable bonds is 3. The topological polar surface area (TPSA) is 237 Å². The smallest absolute Gasteiger partial charge is 0.320 e. The van der Waals surface area contributed by atoms with E-state index in [0.717, 1.165) is 16.5 Å². The summed E-state index contributed by atoms with van der Waals surface area (Å²) in [7, 11) is 0. The highest BCUT2D eigenvalue weighted by atomic mass is 16.4. The standard InChI is InChI=1S/C11H12N2O2.5H2O/c12-9(11(14)15)5-7-6-13-10-4-2-1-3-8(7)10;;;;;/h1-4,6,9,13H,5,12H2,(H,14,15);5*1H2/t9-;;;;;/m0...../s1. The molecule has 0 aliphatic carbocycles. The van der Waals surface area contributed by atoms with Crippen molar-refractivity contribution in [2.45, 2.75) is 12.5 Å². The summed E-state index contributed by atoms with van der Waals surface area (Å²) >= 11 is 0. The Balaban J connectivity index is -0.000000256. The molecule has 0 bridgehead atoms. The Morgan fingerprint density at radius 2 is 1.70 bits per heavy atom. The quantitative estimate of drug-likeness (QED) is 0.536. The van der Waals surface area contributed by atoms with Gasteiger partial charge < -0.3 is 43.2 Å². The first-order valence-corrected chi connectivity index (χ1v) is 4.72. The van der Waals surface area contributed by atoms with E-state index in [2.05, 4.69) is 4.98 Å². The number of nitrogens with one attached hydrogen (secondary N) is 1. The van der Waals surface area contributed by atoms with Crippen molar-refractivity contribution in [1.82, 2.24) is 4.98 Å². The van der Waals surface area contributed by atoms with Crippen molar-refractivity contribution >= 4 is 16.9 Å². The lowest BCUT2D eigenvalue weighted by Crippen LogP contribution is -2.32. The molecule has 0 saturated carbocycles.